The van der Waals surface area contributed by atoms with Gasteiger partial charge in [0.1, 0.15) is 28.9 Å². The molecule has 19 nitrogen and oxygen atoms in total. The molecule has 0 saturated carbocycles. The van der Waals surface area contributed by atoms with Crippen molar-refractivity contribution in [1.29, 1.82) is 0 Å². The lowest BCUT2D eigenvalue weighted by atomic mass is 10.2. The summed E-state index contributed by atoms with van der Waals surface area (Å²) in [4.78, 5) is 63.8. The highest BCUT2D eigenvalue weighted by atomic mass is 16.6. The minimum Gasteiger partial charge on any atom is -0.448 e. The van der Waals surface area contributed by atoms with Crippen molar-refractivity contribution >= 4 is 68.0 Å². The molecule has 0 aliphatic carbocycles. The number of rotatable bonds is 12. The molecule has 8 aromatic rings. The van der Waals surface area contributed by atoms with Gasteiger partial charge in [0.25, 0.3) is 0 Å². The first-order valence-electron chi connectivity index (χ1n) is 20.1. The second-order valence-corrected chi connectivity index (χ2v) is 15.5. The molecule has 0 radical (unpaired) electrons. The third-order valence-electron chi connectivity index (χ3n) is 10.0. The molecule has 8 heterocycles. The lowest BCUT2D eigenvalue weighted by Gasteiger charge is -2.18. The van der Waals surface area contributed by atoms with Crippen molar-refractivity contribution in [3.8, 4) is 22.8 Å². The van der Waals surface area contributed by atoms with Crippen molar-refractivity contribution in [2.45, 2.75) is 33.0 Å². The number of aromatic amines is 2. The molecule has 4 N–H and O–H groups in total. The van der Waals surface area contributed by atoms with Crippen LogP contribution < -0.4 is 10.6 Å². The first-order valence-corrected chi connectivity index (χ1v) is 20.1. The summed E-state index contributed by atoms with van der Waals surface area (Å²) in [6.45, 7) is 5.39. The lowest BCUT2D eigenvalue weighted by Crippen LogP contribution is -2.30. The molecule has 324 valence electrons. The van der Waals surface area contributed by atoms with Crippen LogP contribution in [0.4, 0.5) is 21.2 Å². The zero-order valence-corrected chi connectivity index (χ0v) is 36.7. The number of likely N-dealkylation sites (N-methyl/N-ethyl adjacent to an activating group) is 1. The van der Waals surface area contributed by atoms with Crippen LogP contribution in [0.1, 0.15) is 25.2 Å². The number of nitrogens with zero attached hydrogens (tertiary/aromatic N) is 11. The van der Waals surface area contributed by atoms with Gasteiger partial charge in [0, 0.05) is 59.6 Å². The van der Waals surface area contributed by atoms with Crippen LogP contribution in [0.25, 0.3) is 66.9 Å². The number of fused-ring (bicyclic) bond motifs is 6. The zero-order valence-electron chi connectivity index (χ0n) is 36.7. The Morgan fingerprint density at radius 2 is 1.18 bits per heavy atom. The summed E-state index contributed by atoms with van der Waals surface area (Å²) in [5, 5.41) is 8.17. The van der Waals surface area contributed by atoms with Crippen molar-refractivity contribution < 1.29 is 19.1 Å². The summed E-state index contributed by atoms with van der Waals surface area (Å²) in [7, 11) is 14.9. The van der Waals surface area contributed by atoms with Crippen molar-refractivity contribution in [1.82, 2.24) is 63.7 Å². The van der Waals surface area contributed by atoms with E-state index in [0.29, 0.717) is 26.2 Å². The van der Waals surface area contributed by atoms with Crippen molar-refractivity contribution in [2.24, 2.45) is 14.1 Å². The first-order chi connectivity index (χ1) is 29.7. The number of hydrogen-bond acceptors (Lipinski definition) is 13. The van der Waals surface area contributed by atoms with Gasteiger partial charge in [-0.1, -0.05) is 12.1 Å². The second-order valence-electron chi connectivity index (χ2n) is 15.5. The minimum atomic E-state index is -0.370. The molecule has 0 fully saturated rings. The van der Waals surface area contributed by atoms with Crippen molar-refractivity contribution in [2.75, 3.05) is 66.1 Å². The molecule has 0 atom stereocenters. The van der Waals surface area contributed by atoms with E-state index in [9.17, 15) is 9.59 Å². The molecule has 0 aliphatic rings. The quantitative estimate of drug-likeness (QED) is 0.108. The Morgan fingerprint density at radius 3 is 1.61 bits per heavy atom. The second kappa shape index (κ2) is 18.1. The highest BCUT2D eigenvalue weighted by Crippen LogP contribution is 2.33. The summed E-state index contributed by atoms with van der Waals surface area (Å²) >= 11 is 0. The van der Waals surface area contributed by atoms with E-state index in [1.165, 1.54) is 9.80 Å². The summed E-state index contributed by atoms with van der Waals surface area (Å²) < 4.78 is 14.5. The van der Waals surface area contributed by atoms with Crippen LogP contribution in [0, 0.1) is 0 Å². The van der Waals surface area contributed by atoms with Gasteiger partial charge in [-0.3, -0.25) is 0 Å². The van der Waals surface area contributed by atoms with Gasteiger partial charge in [-0.05, 0) is 64.3 Å². The maximum absolute atomic E-state index is 12.2. The Bertz CT molecular complexity index is 2870. The molecule has 0 saturated heterocycles. The van der Waals surface area contributed by atoms with Crippen LogP contribution in [-0.4, -0.2) is 137 Å². The fourth-order valence-electron chi connectivity index (χ4n) is 6.99. The van der Waals surface area contributed by atoms with Crippen molar-refractivity contribution in [3.05, 3.63) is 72.6 Å². The molecular weight excluding hydrogens is 791 g/mol. The molecule has 8 rings (SSSR count). The van der Waals surface area contributed by atoms with Gasteiger partial charge in [-0.2, -0.15) is 0 Å². The number of carbonyl (C=O) groups excluding carboxylic acids is 2. The number of ether oxygens (including phenoxy) is 2. The number of anilines is 2. The smallest absolute Gasteiger partial charge is 0.410 e. The van der Waals surface area contributed by atoms with E-state index in [1.807, 2.05) is 119 Å². The summed E-state index contributed by atoms with van der Waals surface area (Å²) in [5.74, 6) is 1.44. The van der Waals surface area contributed by atoms with Gasteiger partial charge in [0.2, 0.25) is 0 Å². The maximum atomic E-state index is 12.2. The van der Waals surface area contributed by atoms with Crippen LogP contribution in [0.15, 0.2) is 61.2 Å². The molecule has 0 bridgehead atoms. The van der Waals surface area contributed by atoms with Crippen LogP contribution in [0.3, 0.4) is 0 Å². The Morgan fingerprint density at radius 1 is 0.710 bits per heavy atom. The molecule has 0 aliphatic heterocycles. The number of amides is 2. The largest absolute Gasteiger partial charge is 0.448 e. The SMILES string of the molecule is CNc1nc2[nH]c(-c3cccc(CN(C)C(=O)OC(C)C)n3)cc2c2c1ncn2C.CNc1nc2[nH]c(-c3cccc(CN(C)C(=O)OCCN(C)C)n3)cc2c2c1ncn2C. The van der Waals surface area contributed by atoms with Gasteiger partial charge in [-0.15, -0.1) is 0 Å². The number of aryl methyl sites for hydroxylation is 2. The molecule has 0 aromatic carbocycles. The summed E-state index contributed by atoms with van der Waals surface area (Å²) in [5.41, 5.74) is 9.94. The minimum absolute atomic E-state index is 0.163. The van der Waals surface area contributed by atoms with Gasteiger partial charge < -0.3 is 53.9 Å². The van der Waals surface area contributed by atoms with E-state index in [0.717, 1.165) is 89.9 Å². The Balaban J connectivity index is 0.000000187. The first kappa shape index (κ1) is 42.8. The highest BCUT2D eigenvalue weighted by Gasteiger charge is 2.19. The molecule has 8 aromatic heterocycles. The standard InChI is InChI=1S/C22H28N8O2.C21H25N7O2/c1-23-21-18-19(30(5)13-24-18)15-11-17(26-20(15)27-21)16-8-6-7-14(25-16)12-29(4)22(31)32-10-9-28(2)3;1-12(2)30-21(29)27(4)10-13-7-6-8-15(24-13)16-9-14-18-17(23-11-28(18)5)20(22-3)26-19(14)25-16/h6-8,11,13H,9-10,12H2,1-5H3,(H2,23,26,27);6-9,11-12H,10H2,1-5H3,(H2,22,25,26). The molecule has 0 spiro atoms. The number of imidazole rings is 2. The van der Waals surface area contributed by atoms with Crippen LogP contribution >= 0.6 is 0 Å². The van der Waals surface area contributed by atoms with E-state index in [1.54, 1.807) is 26.7 Å². The summed E-state index contributed by atoms with van der Waals surface area (Å²) in [6.07, 6.45) is 2.66. The monoisotopic (exact) mass is 843 g/mol. The van der Waals surface area contributed by atoms with E-state index in [4.69, 9.17) is 19.4 Å². The Kier molecular flexibility index (Phi) is 12.5. The number of pyridine rings is 4. The van der Waals surface area contributed by atoms with Gasteiger partial charge in [0.05, 0.1) is 77.0 Å². The number of H-pyrrole nitrogens is 2. The maximum Gasteiger partial charge on any atom is 0.410 e. The fraction of sp³-hybridized carbons (Fsp3) is 0.349. The molecule has 2 amide bonds. The molecule has 0 unspecified atom stereocenters. The predicted molar refractivity (Wildman–Crippen MR) is 241 cm³/mol. The number of nitrogens with one attached hydrogen (secondary N) is 4. The topological polar surface area (TPSA) is 205 Å². The van der Waals surface area contributed by atoms with Crippen LogP contribution in [-0.2, 0) is 36.7 Å². The van der Waals surface area contributed by atoms with Gasteiger partial charge in [0.15, 0.2) is 11.6 Å². The van der Waals surface area contributed by atoms with Crippen molar-refractivity contribution in [3.63, 3.8) is 0 Å². The van der Waals surface area contributed by atoms with Crippen LogP contribution in [0.2, 0.25) is 0 Å². The zero-order chi connectivity index (χ0) is 44.2. The normalized spacial score (nSPS) is 11.4. The number of aromatic nitrogens is 10. The highest BCUT2D eigenvalue weighted by molar-refractivity contribution is 6.08. The predicted octanol–water partition coefficient (Wildman–Crippen LogP) is 6.21. The lowest BCUT2D eigenvalue weighted by molar-refractivity contribution is 0.0819. The molecular formula is C43H53N15O4. The fourth-order valence-corrected chi connectivity index (χ4v) is 6.99. The van der Waals surface area contributed by atoms with E-state index < -0.39 is 0 Å². The third kappa shape index (κ3) is 9.07. The molecule has 19 heteroatoms. The van der Waals surface area contributed by atoms with E-state index in [-0.39, 0.29) is 18.3 Å². The van der Waals surface area contributed by atoms with Gasteiger partial charge >= 0.3 is 12.2 Å². The third-order valence-corrected chi connectivity index (χ3v) is 10.0. The van der Waals surface area contributed by atoms with E-state index in [2.05, 4.69) is 40.5 Å². The summed E-state index contributed by atoms with van der Waals surface area (Å²) in [6, 6.07) is 15.6. The molecule has 62 heavy (non-hydrogen) atoms. The number of hydrogen-bond donors (Lipinski definition) is 4. The van der Waals surface area contributed by atoms with Crippen LogP contribution in [0.5, 0.6) is 0 Å². The van der Waals surface area contributed by atoms with Gasteiger partial charge in [-0.25, -0.2) is 39.5 Å². The number of carbonyl (C=O) groups is 2. The average Bonchev–Trinajstić information content (AvgIpc) is 4.05. The average molecular weight is 844 g/mol. The Labute approximate surface area is 358 Å². The van der Waals surface area contributed by atoms with E-state index >= 15 is 0 Å². The Hall–Kier alpha value is -7.28.